The van der Waals surface area contributed by atoms with Crippen LogP contribution < -0.4 is 10.6 Å². The summed E-state index contributed by atoms with van der Waals surface area (Å²) in [5.74, 6) is -3.18. The SMILES string of the molecule is CC(C)(C)OC(=O)CC[C@@H](CO)NC(=O)CCNC(=O)[C@@]12C[C@H]3OC(=O)[C@@H]1N(Cc1ccccc1C=CCO[C@H]1O[C@H](CO)[C@H](O)[C@H](O)[C@H]1O)O[C@@H]2[C@H]1OC2(Cc4ccccc4C2)O[C@H]13. The first-order valence-electron chi connectivity index (χ1n) is 22.2. The molecule has 1 saturated carbocycles. The van der Waals surface area contributed by atoms with Crippen molar-refractivity contribution in [1.82, 2.24) is 15.7 Å². The molecule has 6 aliphatic rings. The first-order chi connectivity index (χ1) is 31.0. The minimum Gasteiger partial charge on any atom is -0.460 e. The average molecular weight is 910 g/mol. The van der Waals surface area contributed by atoms with Gasteiger partial charge in [-0.15, -0.1) is 0 Å². The van der Waals surface area contributed by atoms with Gasteiger partial charge >= 0.3 is 11.9 Å². The van der Waals surface area contributed by atoms with Gasteiger partial charge in [0.15, 0.2) is 18.1 Å². The van der Waals surface area contributed by atoms with Gasteiger partial charge in [-0.3, -0.25) is 24.0 Å². The molecule has 2 aliphatic carbocycles. The van der Waals surface area contributed by atoms with Crippen molar-refractivity contribution < 1.29 is 78.0 Å². The smallest absolute Gasteiger partial charge is 0.327 e. The molecule has 12 atom stereocenters. The first-order valence-corrected chi connectivity index (χ1v) is 22.2. The number of aliphatic hydroxyl groups excluding tert-OH is 5. The van der Waals surface area contributed by atoms with Crippen LogP contribution in [-0.2, 0) is 71.8 Å². The van der Waals surface area contributed by atoms with Crippen LogP contribution in [-0.4, -0.2) is 159 Å². The fourth-order valence-corrected chi connectivity index (χ4v) is 9.95. The minimum absolute atomic E-state index is 0.0133. The summed E-state index contributed by atoms with van der Waals surface area (Å²) in [6, 6.07) is 13.3. The van der Waals surface area contributed by atoms with Crippen LogP contribution in [0.1, 0.15) is 68.7 Å². The second kappa shape index (κ2) is 19.1. The van der Waals surface area contributed by atoms with Crippen molar-refractivity contribution in [3.05, 3.63) is 76.9 Å². The average Bonchev–Trinajstić information content (AvgIpc) is 3.95. The van der Waals surface area contributed by atoms with Gasteiger partial charge in [-0.2, -0.15) is 5.06 Å². The summed E-state index contributed by atoms with van der Waals surface area (Å²) in [6.07, 6.45) is -6.16. The van der Waals surface area contributed by atoms with E-state index in [4.69, 9.17) is 33.3 Å². The number of ether oxygens (including phenoxy) is 6. The van der Waals surface area contributed by atoms with E-state index in [0.29, 0.717) is 24.0 Å². The molecule has 65 heavy (non-hydrogen) atoms. The molecule has 8 rings (SSSR count). The van der Waals surface area contributed by atoms with Crippen molar-refractivity contribution in [1.29, 1.82) is 0 Å². The van der Waals surface area contributed by atoms with Gasteiger partial charge in [0.1, 0.15) is 59.8 Å². The van der Waals surface area contributed by atoms with E-state index < -0.39 is 121 Å². The van der Waals surface area contributed by atoms with Crippen LogP contribution in [0.15, 0.2) is 54.6 Å². The number of carbonyl (C=O) groups is 4. The Hall–Kier alpha value is -4.38. The molecular formula is C46H59N3O16. The maximum Gasteiger partial charge on any atom is 0.327 e. The maximum atomic E-state index is 14.8. The number of fused-ring (bicyclic) bond motifs is 5. The van der Waals surface area contributed by atoms with E-state index >= 15 is 0 Å². The van der Waals surface area contributed by atoms with E-state index in [1.54, 1.807) is 32.9 Å². The lowest BCUT2D eigenvalue weighted by Gasteiger charge is -2.48. The van der Waals surface area contributed by atoms with Gasteiger partial charge in [-0.25, -0.2) is 0 Å². The highest BCUT2D eigenvalue weighted by Crippen LogP contribution is 2.58. The second-order valence-electron chi connectivity index (χ2n) is 18.6. The Morgan fingerprint density at radius 2 is 1.66 bits per heavy atom. The fourth-order valence-electron chi connectivity index (χ4n) is 9.95. The van der Waals surface area contributed by atoms with Gasteiger partial charge in [-0.1, -0.05) is 60.7 Å². The molecule has 4 saturated heterocycles. The van der Waals surface area contributed by atoms with E-state index in [9.17, 15) is 44.7 Å². The van der Waals surface area contributed by atoms with Crippen LogP contribution in [0.2, 0.25) is 0 Å². The highest BCUT2D eigenvalue weighted by Gasteiger charge is 2.76. The number of amides is 2. The summed E-state index contributed by atoms with van der Waals surface area (Å²) in [5, 5.41) is 57.2. The van der Waals surface area contributed by atoms with Crippen molar-refractivity contribution in [3.8, 4) is 0 Å². The highest BCUT2D eigenvalue weighted by atomic mass is 16.8. The van der Waals surface area contributed by atoms with Crippen molar-refractivity contribution in [2.24, 2.45) is 5.41 Å². The zero-order valence-corrected chi connectivity index (χ0v) is 36.6. The molecular weight excluding hydrogens is 851 g/mol. The molecule has 4 aliphatic heterocycles. The number of nitrogens with zero attached hydrogens (tertiary/aromatic N) is 1. The van der Waals surface area contributed by atoms with Crippen LogP contribution in [0.3, 0.4) is 0 Å². The maximum absolute atomic E-state index is 14.8. The number of esters is 2. The topological polar surface area (TPSA) is 261 Å². The van der Waals surface area contributed by atoms with E-state index in [1.807, 2.05) is 48.5 Å². The number of hydrogen-bond acceptors (Lipinski definition) is 17. The molecule has 0 unspecified atom stereocenters. The van der Waals surface area contributed by atoms with Gasteiger partial charge < -0.3 is 64.6 Å². The van der Waals surface area contributed by atoms with Gasteiger partial charge in [0, 0.05) is 38.6 Å². The predicted octanol–water partition coefficient (Wildman–Crippen LogP) is -0.299. The Kier molecular flexibility index (Phi) is 13.8. The Labute approximate surface area is 375 Å². The van der Waals surface area contributed by atoms with Gasteiger partial charge in [0.05, 0.1) is 32.4 Å². The molecule has 2 amide bonds. The third-order valence-corrected chi connectivity index (χ3v) is 12.9. The Morgan fingerprint density at radius 1 is 0.954 bits per heavy atom. The molecule has 5 fully saturated rings. The van der Waals surface area contributed by atoms with Crippen molar-refractivity contribution in [3.63, 3.8) is 0 Å². The van der Waals surface area contributed by atoms with Gasteiger partial charge in [0.25, 0.3) is 0 Å². The Balaban J connectivity index is 0.986. The summed E-state index contributed by atoms with van der Waals surface area (Å²) in [7, 11) is 0. The highest BCUT2D eigenvalue weighted by molar-refractivity contribution is 5.94. The lowest BCUT2D eigenvalue weighted by atomic mass is 9.62. The number of aliphatic hydroxyl groups is 5. The molecule has 2 aromatic carbocycles. The number of hydrogen-bond donors (Lipinski definition) is 7. The number of nitrogens with one attached hydrogen (secondary N) is 2. The number of benzene rings is 2. The number of rotatable bonds is 16. The quantitative estimate of drug-likeness (QED) is 0.107. The van der Waals surface area contributed by atoms with Crippen molar-refractivity contribution in [2.75, 3.05) is 26.4 Å². The molecule has 4 heterocycles. The molecule has 1 spiro atoms. The zero-order valence-electron chi connectivity index (χ0n) is 36.6. The molecule has 7 N–H and O–H groups in total. The fraction of sp³-hybridized carbons (Fsp3) is 0.609. The Bertz CT molecular complexity index is 2090. The van der Waals surface area contributed by atoms with E-state index in [-0.39, 0.29) is 45.4 Å². The monoisotopic (exact) mass is 909 g/mol. The second-order valence-corrected chi connectivity index (χ2v) is 18.6. The van der Waals surface area contributed by atoms with E-state index in [2.05, 4.69) is 10.6 Å². The third-order valence-electron chi connectivity index (χ3n) is 12.9. The lowest BCUT2D eigenvalue weighted by Crippen LogP contribution is -2.69. The Morgan fingerprint density at radius 3 is 2.37 bits per heavy atom. The summed E-state index contributed by atoms with van der Waals surface area (Å²) < 4.78 is 36.1. The normalized spacial score (nSPS) is 32.8. The van der Waals surface area contributed by atoms with E-state index in [1.165, 1.54) is 5.06 Å². The van der Waals surface area contributed by atoms with Crippen LogP contribution in [0, 0.1) is 5.41 Å². The molecule has 0 radical (unpaired) electrons. The predicted molar refractivity (Wildman–Crippen MR) is 224 cm³/mol. The molecule has 2 aromatic rings. The van der Waals surface area contributed by atoms with Crippen LogP contribution in [0.5, 0.6) is 0 Å². The molecule has 2 bridgehead atoms. The number of hydroxylamine groups is 2. The first kappa shape index (κ1) is 47.1. The largest absolute Gasteiger partial charge is 0.460 e. The van der Waals surface area contributed by atoms with Crippen molar-refractivity contribution in [2.45, 2.75) is 144 Å². The summed E-state index contributed by atoms with van der Waals surface area (Å²) in [4.78, 5) is 61.1. The minimum atomic E-state index is -1.59. The summed E-state index contributed by atoms with van der Waals surface area (Å²) >= 11 is 0. The van der Waals surface area contributed by atoms with E-state index in [0.717, 1.165) is 11.1 Å². The molecule has 19 nitrogen and oxygen atoms in total. The van der Waals surface area contributed by atoms with Gasteiger partial charge in [0.2, 0.25) is 11.8 Å². The lowest BCUT2D eigenvalue weighted by molar-refractivity contribution is -0.298. The van der Waals surface area contributed by atoms with Gasteiger partial charge in [-0.05, 0) is 49.4 Å². The summed E-state index contributed by atoms with van der Waals surface area (Å²) in [5.41, 5.74) is 1.34. The molecule has 0 aromatic heterocycles. The van der Waals surface area contributed by atoms with Crippen LogP contribution in [0.4, 0.5) is 0 Å². The van der Waals surface area contributed by atoms with Crippen LogP contribution >= 0.6 is 0 Å². The third kappa shape index (κ3) is 9.60. The zero-order chi connectivity index (χ0) is 46.3. The van der Waals surface area contributed by atoms with Crippen LogP contribution in [0.25, 0.3) is 6.08 Å². The standard InChI is InChI=1S/C46H59N3O16/c1-44(2,3)62-33(53)15-14-29(23-50)48-32(52)16-17-47-43(58)46-21-30-37-38(64-45(63-37)19-26-10-5-6-11-27(26)20-45)40(46)65-49(39(46)41(57)60-30)22-28-12-7-4-9-25(28)13-8-18-59-42-36(56)35(55)34(54)31(24-51)61-42/h4-13,29-31,34-40,42,50-51,54-56H,14-24H2,1-3H3,(H,47,58)(H,48,52)/t29-,30+,31+,34-,35-,36+,37-,38-,39-,40+,42-,46-/m0/s1. The molecule has 354 valence electrons. The number of carbonyl (C=O) groups excluding carboxylic acids is 4. The van der Waals surface area contributed by atoms with Crippen molar-refractivity contribution >= 4 is 29.8 Å². The molecule has 19 heteroatoms. The summed E-state index contributed by atoms with van der Waals surface area (Å²) in [6.45, 7) is 4.07.